The lowest BCUT2D eigenvalue weighted by Gasteiger charge is -2.31. The number of likely N-dealkylation sites (tertiary alicyclic amines) is 1. The van der Waals surface area contributed by atoms with Gasteiger partial charge >= 0.3 is 0 Å². The summed E-state index contributed by atoms with van der Waals surface area (Å²) in [7, 11) is 0. The van der Waals surface area contributed by atoms with Crippen LogP contribution in [0.2, 0.25) is 0 Å². The maximum Gasteiger partial charge on any atom is 0.0602 e. The van der Waals surface area contributed by atoms with Crippen molar-refractivity contribution in [2.45, 2.75) is 38.8 Å². The van der Waals surface area contributed by atoms with E-state index in [1.54, 1.807) is 0 Å². The fourth-order valence-electron chi connectivity index (χ4n) is 2.72. The van der Waals surface area contributed by atoms with Gasteiger partial charge in [-0.1, -0.05) is 13.8 Å². The number of hydrogen-bond donors (Lipinski definition) is 2. The smallest absolute Gasteiger partial charge is 0.0602 e. The molecular weight excluding hydrogens is 188 g/mol. The van der Waals surface area contributed by atoms with Crippen molar-refractivity contribution in [1.29, 1.82) is 0 Å². The van der Waals surface area contributed by atoms with Gasteiger partial charge in [0, 0.05) is 25.2 Å². The van der Waals surface area contributed by atoms with Gasteiger partial charge in [-0.2, -0.15) is 0 Å². The molecule has 0 aromatic rings. The summed E-state index contributed by atoms with van der Waals surface area (Å²) in [5, 5.41) is 9.48. The molecule has 4 atom stereocenters. The summed E-state index contributed by atoms with van der Waals surface area (Å²) >= 11 is 0. The van der Waals surface area contributed by atoms with E-state index in [0.29, 0.717) is 5.92 Å². The van der Waals surface area contributed by atoms with Gasteiger partial charge in [0.1, 0.15) is 0 Å². The lowest BCUT2D eigenvalue weighted by Crippen LogP contribution is -2.50. The third kappa shape index (κ3) is 2.35. The van der Waals surface area contributed by atoms with Crippen LogP contribution in [0.5, 0.6) is 0 Å². The van der Waals surface area contributed by atoms with E-state index in [0.717, 1.165) is 24.9 Å². The van der Waals surface area contributed by atoms with Crippen LogP contribution in [0.15, 0.2) is 0 Å². The summed E-state index contributed by atoms with van der Waals surface area (Å²) in [6, 6.07) is 0.386. The van der Waals surface area contributed by atoms with Crippen LogP contribution in [-0.4, -0.2) is 41.8 Å². The molecule has 1 saturated heterocycles. The maximum absolute atomic E-state index is 9.48. The second-order valence-corrected chi connectivity index (χ2v) is 5.57. The first-order valence-electron chi connectivity index (χ1n) is 6.24. The van der Waals surface area contributed by atoms with E-state index >= 15 is 0 Å². The molecule has 0 aromatic heterocycles. The lowest BCUT2D eigenvalue weighted by atomic mass is 10.0. The molecule has 0 bridgehead atoms. The third-order valence-electron chi connectivity index (χ3n) is 4.28. The molecule has 1 heterocycles. The second-order valence-electron chi connectivity index (χ2n) is 5.57. The van der Waals surface area contributed by atoms with E-state index in [-0.39, 0.29) is 18.7 Å². The van der Waals surface area contributed by atoms with Gasteiger partial charge < -0.3 is 10.8 Å². The van der Waals surface area contributed by atoms with Gasteiger partial charge in [0.2, 0.25) is 0 Å². The minimum atomic E-state index is 0.187. The van der Waals surface area contributed by atoms with Crippen LogP contribution in [0.3, 0.4) is 0 Å². The van der Waals surface area contributed by atoms with E-state index in [1.165, 1.54) is 12.8 Å². The van der Waals surface area contributed by atoms with E-state index in [9.17, 15) is 5.11 Å². The normalized spacial score (nSPS) is 36.8. The van der Waals surface area contributed by atoms with Gasteiger partial charge in [0.25, 0.3) is 0 Å². The fourth-order valence-corrected chi connectivity index (χ4v) is 2.72. The predicted molar refractivity (Wildman–Crippen MR) is 61.5 cm³/mol. The molecule has 0 amide bonds. The Bertz CT molecular complexity index is 208. The lowest BCUT2D eigenvalue weighted by molar-refractivity contribution is 0.114. The molecule has 2 aliphatic rings. The summed E-state index contributed by atoms with van der Waals surface area (Å²) in [6.45, 7) is 7.01. The molecule has 0 spiro atoms. The summed E-state index contributed by atoms with van der Waals surface area (Å²) in [4.78, 5) is 2.40. The van der Waals surface area contributed by atoms with Gasteiger partial charge in [0.15, 0.2) is 0 Å². The Kier molecular flexibility index (Phi) is 3.33. The minimum Gasteiger partial charge on any atom is -0.395 e. The molecule has 3 nitrogen and oxygen atoms in total. The van der Waals surface area contributed by atoms with Crippen molar-refractivity contribution in [3.05, 3.63) is 0 Å². The Morgan fingerprint density at radius 1 is 1.27 bits per heavy atom. The van der Waals surface area contributed by atoms with E-state index in [2.05, 4.69) is 18.7 Å². The molecule has 1 saturated carbocycles. The van der Waals surface area contributed by atoms with Gasteiger partial charge in [-0.3, -0.25) is 4.90 Å². The van der Waals surface area contributed by atoms with Crippen molar-refractivity contribution in [3.63, 3.8) is 0 Å². The fraction of sp³-hybridized carbons (Fsp3) is 1.00. The molecular formula is C12H24N2O. The highest BCUT2D eigenvalue weighted by Gasteiger charge is 2.39. The number of aliphatic hydroxyl groups excluding tert-OH is 1. The predicted octanol–water partition coefficient (Wildman–Crippen LogP) is 0.672. The van der Waals surface area contributed by atoms with E-state index in [1.807, 2.05) is 0 Å². The summed E-state index contributed by atoms with van der Waals surface area (Å²) < 4.78 is 0. The monoisotopic (exact) mass is 212 g/mol. The molecule has 0 radical (unpaired) electrons. The SMILES string of the molecule is CC1CN(C(CO)C(N)C2CC2)CC1C. The molecule has 0 aromatic carbocycles. The molecule has 1 aliphatic heterocycles. The Morgan fingerprint density at radius 3 is 2.20 bits per heavy atom. The molecule has 3 heteroatoms. The van der Waals surface area contributed by atoms with Crippen LogP contribution < -0.4 is 5.73 Å². The van der Waals surface area contributed by atoms with Crippen molar-refractivity contribution in [2.75, 3.05) is 19.7 Å². The number of nitrogens with two attached hydrogens (primary N) is 1. The highest BCUT2D eigenvalue weighted by atomic mass is 16.3. The molecule has 2 fully saturated rings. The molecule has 15 heavy (non-hydrogen) atoms. The first kappa shape index (κ1) is 11.4. The Balaban J connectivity index is 1.94. The third-order valence-corrected chi connectivity index (χ3v) is 4.28. The molecule has 2 rings (SSSR count). The van der Waals surface area contributed by atoms with Crippen molar-refractivity contribution in [1.82, 2.24) is 4.90 Å². The number of hydrogen-bond acceptors (Lipinski definition) is 3. The summed E-state index contributed by atoms with van der Waals surface area (Å²) in [5.74, 6) is 2.16. The Hall–Kier alpha value is -0.120. The zero-order chi connectivity index (χ0) is 11.0. The van der Waals surface area contributed by atoms with Gasteiger partial charge in [-0.05, 0) is 30.6 Å². The Labute approximate surface area is 92.6 Å². The van der Waals surface area contributed by atoms with Gasteiger partial charge in [0.05, 0.1) is 6.61 Å². The van der Waals surface area contributed by atoms with Crippen LogP contribution in [0, 0.1) is 17.8 Å². The topological polar surface area (TPSA) is 49.5 Å². The van der Waals surface area contributed by atoms with Crippen LogP contribution >= 0.6 is 0 Å². The number of rotatable bonds is 4. The number of nitrogens with zero attached hydrogens (tertiary/aromatic N) is 1. The zero-order valence-electron chi connectivity index (χ0n) is 9.89. The number of aliphatic hydroxyl groups is 1. The molecule has 3 N–H and O–H groups in total. The quantitative estimate of drug-likeness (QED) is 0.720. The summed E-state index contributed by atoms with van der Waals surface area (Å²) in [5.41, 5.74) is 6.20. The standard InChI is InChI=1S/C12H24N2O/c1-8-5-14(6-9(8)2)11(7-15)12(13)10-3-4-10/h8-12,15H,3-7,13H2,1-2H3. The van der Waals surface area contributed by atoms with E-state index < -0.39 is 0 Å². The highest BCUT2D eigenvalue weighted by molar-refractivity contribution is 4.95. The van der Waals surface area contributed by atoms with E-state index in [4.69, 9.17) is 5.73 Å². The highest BCUT2D eigenvalue weighted by Crippen LogP contribution is 2.35. The largest absolute Gasteiger partial charge is 0.395 e. The van der Waals surface area contributed by atoms with Gasteiger partial charge in [-0.15, -0.1) is 0 Å². The minimum absolute atomic E-state index is 0.187. The van der Waals surface area contributed by atoms with Crippen LogP contribution in [0.1, 0.15) is 26.7 Å². The van der Waals surface area contributed by atoms with Crippen LogP contribution in [0.4, 0.5) is 0 Å². The first-order valence-corrected chi connectivity index (χ1v) is 6.24. The second kappa shape index (κ2) is 4.40. The average molecular weight is 212 g/mol. The molecule has 1 aliphatic carbocycles. The van der Waals surface area contributed by atoms with Crippen molar-refractivity contribution in [2.24, 2.45) is 23.5 Å². The Morgan fingerprint density at radius 2 is 1.80 bits per heavy atom. The molecule has 4 unspecified atom stereocenters. The maximum atomic E-state index is 9.48. The first-order chi connectivity index (χ1) is 7.13. The van der Waals surface area contributed by atoms with Crippen molar-refractivity contribution >= 4 is 0 Å². The van der Waals surface area contributed by atoms with Crippen LogP contribution in [-0.2, 0) is 0 Å². The van der Waals surface area contributed by atoms with Crippen molar-refractivity contribution in [3.8, 4) is 0 Å². The summed E-state index contributed by atoms with van der Waals surface area (Å²) in [6.07, 6.45) is 2.52. The average Bonchev–Trinajstić information content (AvgIpc) is 2.97. The molecule has 88 valence electrons. The van der Waals surface area contributed by atoms with Crippen molar-refractivity contribution < 1.29 is 5.11 Å². The zero-order valence-corrected chi connectivity index (χ0v) is 9.89. The van der Waals surface area contributed by atoms with Crippen LogP contribution in [0.25, 0.3) is 0 Å². The van der Waals surface area contributed by atoms with Gasteiger partial charge in [-0.25, -0.2) is 0 Å².